The Balaban J connectivity index is 2.26. The second-order valence-corrected chi connectivity index (χ2v) is 4.47. The summed E-state index contributed by atoms with van der Waals surface area (Å²) in [7, 11) is 0. The highest BCUT2D eigenvalue weighted by Crippen LogP contribution is 2.21. The predicted octanol–water partition coefficient (Wildman–Crippen LogP) is 2.08. The average Bonchev–Trinajstić information content (AvgIpc) is 2.87. The maximum Gasteiger partial charge on any atom is 0.341 e. The Labute approximate surface area is 113 Å². The summed E-state index contributed by atoms with van der Waals surface area (Å²) in [5.41, 5.74) is 0.413. The molecule has 2 rings (SSSR count). The van der Waals surface area contributed by atoms with Gasteiger partial charge in [0.25, 0.3) is 5.91 Å². The topological polar surface area (TPSA) is 95.1 Å². The summed E-state index contributed by atoms with van der Waals surface area (Å²) in [6.07, 6.45) is 3.02. The van der Waals surface area contributed by atoms with Gasteiger partial charge in [0, 0.05) is 4.90 Å². The molecule has 1 aromatic heterocycles. The van der Waals surface area contributed by atoms with Gasteiger partial charge >= 0.3 is 5.97 Å². The Hall–Kier alpha value is -2.28. The summed E-state index contributed by atoms with van der Waals surface area (Å²) in [4.78, 5) is 23.8. The lowest BCUT2D eigenvalue weighted by molar-refractivity contribution is 0.0698. The van der Waals surface area contributed by atoms with Crippen molar-refractivity contribution in [2.24, 2.45) is 0 Å². The Morgan fingerprint density at radius 3 is 2.74 bits per heavy atom. The molecule has 1 amide bonds. The molecule has 0 bridgehead atoms. The zero-order valence-electron chi connectivity index (χ0n) is 10.0. The van der Waals surface area contributed by atoms with Crippen molar-refractivity contribution in [3.05, 3.63) is 41.6 Å². The lowest BCUT2D eigenvalue weighted by atomic mass is 10.2. The van der Waals surface area contributed by atoms with Gasteiger partial charge in [0.05, 0.1) is 11.8 Å². The van der Waals surface area contributed by atoms with Crippen LogP contribution in [-0.2, 0) is 0 Å². The van der Waals surface area contributed by atoms with Gasteiger partial charge in [-0.2, -0.15) is 5.10 Å². The molecule has 7 heteroatoms. The molecule has 2 aromatic rings. The van der Waals surface area contributed by atoms with Crippen molar-refractivity contribution >= 4 is 29.5 Å². The molecule has 1 heterocycles. The molecular formula is C12H11N3O3S. The van der Waals surface area contributed by atoms with Crippen LogP contribution in [0.5, 0.6) is 0 Å². The third-order valence-electron chi connectivity index (χ3n) is 2.46. The van der Waals surface area contributed by atoms with E-state index in [-0.39, 0.29) is 17.3 Å². The van der Waals surface area contributed by atoms with Gasteiger partial charge < -0.3 is 10.4 Å². The van der Waals surface area contributed by atoms with Crippen LogP contribution in [0.15, 0.2) is 35.4 Å². The first-order valence-corrected chi connectivity index (χ1v) is 6.57. The maximum atomic E-state index is 12.1. The predicted molar refractivity (Wildman–Crippen MR) is 71.7 cm³/mol. The fourth-order valence-electron chi connectivity index (χ4n) is 1.56. The van der Waals surface area contributed by atoms with Crippen LogP contribution in [0.2, 0.25) is 0 Å². The summed E-state index contributed by atoms with van der Waals surface area (Å²) in [5.74, 6) is -1.45. The third-order valence-corrected chi connectivity index (χ3v) is 3.26. The SMILES string of the molecule is CSc1ccccc1C(=O)Nc1[nH]ncc1C(=O)O. The molecule has 3 N–H and O–H groups in total. The number of nitrogens with zero attached hydrogens (tertiary/aromatic N) is 1. The number of carbonyl (C=O) groups is 2. The van der Waals surface area contributed by atoms with Gasteiger partial charge in [-0.1, -0.05) is 12.1 Å². The molecule has 19 heavy (non-hydrogen) atoms. The number of anilines is 1. The first-order valence-electron chi connectivity index (χ1n) is 5.34. The number of carbonyl (C=O) groups excluding carboxylic acids is 1. The van der Waals surface area contributed by atoms with Crippen LogP contribution in [0.25, 0.3) is 0 Å². The largest absolute Gasteiger partial charge is 0.477 e. The van der Waals surface area contributed by atoms with Crippen molar-refractivity contribution in [2.45, 2.75) is 4.90 Å². The molecule has 0 atom stereocenters. The van der Waals surface area contributed by atoms with Crippen LogP contribution < -0.4 is 5.32 Å². The molecule has 0 unspecified atom stereocenters. The zero-order chi connectivity index (χ0) is 13.8. The molecule has 0 saturated heterocycles. The molecule has 6 nitrogen and oxygen atoms in total. The van der Waals surface area contributed by atoms with Crippen molar-refractivity contribution in [1.82, 2.24) is 10.2 Å². The van der Waals surface area contributed by atoms with Gasteiger partial charge in [-0.25, -0.2) is 4.79 Å². The number of carboxylic acids is 1. The van der Waals surface area contributed by atoms with E-state index >= 15 is 0 Å². The molecule has 0 spiro atoms. The van der Waals surface area contributed by atoms with Crippen LogP contribution in [0.4, 0.5) is 5.82 Å². The van der Waals surface area contributed by atoms with E-state index in [9.17, 15) is 9.59 Å². The molecule has 0 saturated carbocycles. The van der Waals surface area contributed by atoms with Crippen molar-refractivity contribution in [1.29, 1.82) is 0 Å². The molecule has 0 fully saturated rings. The van der Waals surface area contributed by atoms with Gasteiger partial charge in [-0.15, -0.1) is 11.8 Å². The highest BCUT2D eigenvalue weighted by atomic mass is 32.2. The average molecular weight is 277 g/mol. The van der Waals surface area contributed by atoms with Crippen molar-refractivity contribution in [3.63, 3.8) is 0 Å². The molecule has 0 radical (unpaired) electrons. The Morgan fingerprint density at radius 1 is 1.32 bits per heavy atom. The van der Waals surface area contributed by atoms with E-state index in [4.69, 9.17) is 5.11 Å². The number of aromatic amines is 1. The number of rotatable bonds is 4. The van der Waals surface area contributed by atoms with E-state index in [1.165, 1.54) is 11.8 Å². The van der Waals surface area contributed by atoms with Crippen LogP contribution >= 0.6 is 11.8 Å². The van der Waals surface area contributed by atoms with Crippen molar-refractivity contribution < 1.29 is 14.7 Å². The van der Waals surface area contributed by atoms with Crippen LogP contribution in [0.1, 0.15) is 20.7 Å². The van der Waals surface area contributed by atoms with Crippen LogP contribution in [0, 0.1) is 0 Å². The number of carboxylic acid groups (broad SMARTS) is 1. The first-order chi connectivity index (χ1) is 9.13. The van der Waals surface area contributed by atoms with Gasteiger partial charge in [0.2, 0.25) is 0 Å². The number of aromatic nitrogens is 2. The summed E-state index contributed by atoms with van der Waals surface area (Å²) in [6.45, 7) is 0. The second kappa shape index (κ2) is 5.57. The zero-order valence-corrected chi connectivity index (χ0v) is 10.8. The fourth-order valence-corrected chi connectivity index (χ4v) is 2.15. The monoisotopic (exact) mass is 277 g/mol. The number of nitrogens with one attached hydrogen (secondary N) is 2. The Kier molecular flexibility index (Phi) is 3.86. The number of aromatic carboxylic acids is 1. The fraction of sp³-hybridized carbons (Fsp3) is 0.0833. The molecule has 98 valence electrons. The molecule has 1 aromatic carbocycles. The molecule has 0 aliphatic rings. The quantitative estimate of drug-likeness (QED) is 0.744. The minimum atomic E-state index is -1.15. The Morgan fingerprint density at radius 2 is 2.05 bits per heavy atom. The minimum Gasteiger partial charge on any atom is -0.477 e. The van der Waals surface area contributed by atoms with Gasteiger partial charge in [-0.05, 0) is 18.4 Å². The van der Waals surface area contributed by atoms with Gasteiger partial charge in [0.15, 0.2) is 0 Å². The summed E-state index contributed by atoms with van der Waals surface area (Å²) in [5, 5.41) is 17.5. The Bertz CT molecular complexity index is 624. The normalized spacial score (nSPS) is 10.2. The number of amides is 1. The highest BCUT2D eigenvalue weighted by molar-refractivity contribution is 7.98. The first kappa shape index (κ1) is 13.2. The van der Waals surface area contributed by atoms with Gasteiger partial charge in [0.1, 0.15) is 11.4 Å². The van der Waals surface area contributed by atoms with E-state index in [2.05, 4.69) is 15.5 Å². The number of hydrogen-bond acceptors (Lipinski definition) is 4. The lowest BCUT2D eigenvalue weighted by Gasteiger charge is -2.07. The standard InChI is InChI=1S/C12H11N3O3S/c1-19-9-5-3-2-4-7(9)11(16)14-10-8(12(17)18)6-13-15-10/h2-6H,1H3,(H,17,18)(H2,13,14,15,16). The summed E-state index contributed by atoms with van der Waals surface area (Å²) in [6, 6.07) is 7.09. The van der Waals surface area contributed by atoms with E-state index in [0.717, 1.165) is 11.1 Å². The maximum absolute atomic E-state index is 12.1. The van der Waals surface area contributed by atoms with Crippen LogP contribution in [-0.4, -0.2) is 33.4 Å². The second-order valence-electron chi connectivity index (χ2n) is 3.62. The lowest BCUT2D eigenvalue weighted by Crippen LogP contribution is -2.15. The van der Waals surface area contributed by atoms with E-state index in [1.54, 1.807) is 12.1 Å². The summed E-state index contributed by atoms with van der Waals surface area (Å²) < 4.78 is 0. The number of hydrogen-bond donors (Lipinski definition) is 3. The highest BCUT2D eigenvalue weighted by Gasteiger charge is 2.17. The van der Waals surface area contributed by atoms with Crippen molar-refractivity contribution in [3.8, 4) is 0 Å². The van der Waals surface area contributed by atoms with E-state index < -0.39 is 5.97 Å². The van der Waals surface area contributed by atoms with E-state index in [0.29, 0.717) is 5.56 Å². The van der Waals surface area contributed by atoms with Crippen LogP contribution in [0.3, 0.4) is 0 Å². The molecular weight excluding hydrogens is 266 g/mol. The minimum absolute atomic E-state index is 0.0741. The smallest absolute Gasteiger partial charge is 0.341 e. The van der Waals surface area contributed by atoms with Gasteiger partial charge in [-0.3, -0.25) is 9.89 Å². The number of H-pyrrole nitrogens is 1. The number of thioether (sulfide) groups is 1. The molecule has 0 aliphatic heterocycles. The third kappa shape index (κ3) is 2.76. The van der Waals surface area contributed by atoms with E-state index in [1.807, 2.05) is 18.4 Å². The number of benzene rings is 1. The molecule has 0 aliphatic carbocycles. The van der Waals surface area contributed by atoms with Crippen molar-refractivity contribution in [2.75, 3.05) is 11.6 Å². The summed E-state index contributed by atoms with van der Waals surface area (Å²) >= 11 is 1.44.